The van der Waals surface area contributed by atoms with Gasteiger partial charge < -0.3 is 0 Å². The Kier molecular flexibility index (Phi) is 5.54. The maximum absolute atomic E-state index is 12.0. The topological polar surface area (TPSA) is 80.3 Å². The first-order valence-corrected chi connectivity index (χ1v) is 9.74. The summed E-state index contributed by atoms with van der Waals surface area (Å²) in [5, 5.41) is 0. The molecule has 0 aliphatic heterocycles. The van der Waals surface area contributed by atoms with Crippen molar-refractivity contribution in [2.24, 2.45) is 0 Å². The molecule has 0 fully saturated rings. The van der Waals surface area contributed by atoms with Crippen LogP contribution < -0.4 is 4.72 Å². The van der Waals surface area contributed by atoms with Crippen molar-refractivity contribution in [1.29, 1.82) is 0 Å². The fraction of sp³-hybridized carbons (Fsp3) is 0.455. The summed E-state index contributed by atoms with van der Waals surface area (Å²) in [4.78, 5) is 0.104. The average molecular weight is 370 g/mol. The predicted molar refractivity (Wildman–Crippen MR) is 78.4 cm³/mol. The first-order chi connectivity index (χ1) is 8.68. The van der Waals surface area contributed by atoms with Crippen LogP contribution in [-0.2, 0) is 19.9 Å². The van der Waals surface area contributed by atoms with E-state index in [0.29, 0.717) is 4.47 Å². The number of hydrogen-bond acceptors (Lipinski definition) is 4. The standard InChI is InChI=1S/C11H16BrNO4S2/c1-3-18(14,15)7-6-13-19(16,17)11-5-4-9(2)8-10(11)12/h4-5,8,13H,3,6-7H2,1-2H3. The first-order valence-electron chi connectivity index (χ1n) is 5.64. The van der Waals surface area contributed by atoms with Gasteiger partial charge in [0.2, 0.25) is 10.0 Å². The summed E-state index contributed by atoms with van der Waals surface area (Å²) in [6.45, 7) is 3.25. The van der Waals surface area contributed by atoms with Crippen LogP contribution in [0.4, 0.5) is 0 Å². The number of sulfonamides is 1. The van der Waals surface area contributed by atoms with Crippen molar-refractivity contribution in [3.05, 3.63) is 28.2 Å². The van der Waals surface area contributed by atoms with Gasteiger partial charge in [0.15, 0.2) is 9.84 Å². The first kappa shape index (κ1) is 16.6. The van der Waals surface area contributed by atoms with Crippen LogP contribution in [-0.4, -0.2) is 34.9 Å². The van der Waals surface area contributed by atoms with Gasteiger partial charge in [-0.05, 0) is 40.5 Å². The number of sulfone groups is 1. The second-order valence-corrected chi connectivity index (χ2v) is 9.13. The molecule has 5 nitrogen and oxygen atoms in total. The fourth-order valence-electron chi connectivity index (χ4n) is 1.38. The monoisotopic (exact) mass is 369 g/mol. The molecule has 1 rings (SSSR count). The van der Waals surface area contributed by atoms with E-state index in [-0.39, 0.29) is 22.9 Å². The van der Waals surface area contributed by atoms with Gasteiger partial charge in [-0.15, -0.1) is 0 Å². The molecule has 0 spiro atoms. The second kappa shape index (κ2) is 6.34. The van der Waals surface area contributed by atoms with Crippen LogP contribution in [0, 0.1) is 6.92 Å². The molecule has 0 saturated carbocycles. The van der Waals surface area contributed by atoms with Crippen molar-refractivity contribution >= 4 is 35.8 Å². The Morgan fingerprint density at radius 1 is 1.21 bits per heavy atom. The predicted octanol–water partition coefficient (Wildman–Crippen LogP) is 1.47. The van der Waals surface area contributed by atoms with Gasteiger partial charge in [-0.2, -0.15) is 0 Å². The maximum atomic E-state index is 12.0. The highest BCUT2D eigenvalue weighted by Crippen LogP contribution is 2.22. The Morgan fingerprint density at radius 2 is 1.84 bits per heavy atom. The number of aryl methyl sites for hydroxylation is 1. The summed E-state index contributed by atoms with van der Waals surface area (Å²) in [5.41, 5.74) is 0.930. The minimum atomic E-state index is -3.70. The van der Waals surface area contributed by atoms with Crippen LogP contribution in [0.2, 0.25) is 0 Å². The van der Waals surface area contributed by atoms with E-state index < -0.39 is 19.9 Å². The molecule has 0 unspecified atom stereocenters. The Hall–Kier alpha value is -0.440. The Bertz CT molecular complexity index is 653. The Labute approximate surface area is 122 Å². The molecule has 0 heterocycles. The molecule has 0 amide bonds. The molecule has 0 atom stereocenters. The van der Waals surface area contributed by atoms with E-state index in [1.165, 1.54) is 13.0 Å². The van der Waals surface area contributed by atoms with Crippen LogP contribution in [0.1, 0.15) is 12.5 Å². The quantitative estimate of drug-likeness (QED) is 0.823. The highest BCUT2D eigenvalue weighted by atomic mass is 79.9. The lowest BCUT2D eigenvalue weighted by atomic mass is 10.2. The fourth-order valence-corrected chi connectivity index (χ4v) is 4.43. The molecular weight excluding hydrogens is 354 g/mol. The van der Waals surface area contributed by atoms with Crippen LogP contribution in [0.5, 0.6) is 0 Å². The van der Waals surface area contributed by atoms with Crippen LogP contribution in [0.25, 0.3) is 0 Å². The zero-order valence-corrected chi connectivity index (χ0v) is 13.9. The molecule has 108 valence electrons. The smallest absolute Gasteiger partial charge is 0.229 e. The van der Waals surface area contributed by atoms with Crippen molar-refractivity contribution in [1.82, 2.24) is 4.72 Å². The molecule has 1 aromatic rings. The van der Waals surface area contributed by atoms with Gasteiger partial charge in [0.05, 0.1) is 10.6 Å². The molecule has 0 saturated heterocycles. The van der Waals surface area contributed by atoms with Gasteiger partial charge in [0.25, 0.3) is 0 Å². The van der Waals surface area contributed by atoms with Crippen molar-refractivity contribution in [2.45, 2.75) is 18.7 Å². The van der Waals surface area contributed by atoms with E-state index in [1.54, 1.807) is 12.1 Å². The molecular formula is C11H16BrNO4S2. The van der Waals surface area contributed by atoms with E-state index in [2.05, 4.69) is 20.7 Å². The zero-order valence-electron chi connectivity index (χ0n) is 10.7. The van der Waals surface area contributed by atoms with Gasteiger partial charge in [-0.3, -0.25) is 0 Å². The van der Waals surface area contributed by atoms with E-state index in [9.17, 15) is 16.8 Å². The molecule has 8 heteroatoms. The number of halogens is 1. The van der Waals surface area contributed by atoms with E-state index in [1.807, 2.05) is 6.92 Å². The second-order valence-electron chi connectivity index (χ2n) is 4.07. The van der Waals surface area contributed by atoms with Crippen molar-refractivity contribution in [3.63, 3.8) is 0 Å². The molecule has 0 aromatic heterocycles. The Balaban J connectivity index is 2.82. The third kappa shape index (κ3) is 4.87. The third-order valence-electron chi connectivity index (χ3n) is 2.52. The van der Waals surface area contributed by atoms with E-state index in [0.717, 1.165) is 5.56 Å². The van der Waals surface area contributed by atoms with Crippen LogP contribution in [0.3, 0.4) is 0 Å². The third-order valence-corrected chi connectivity index (χ3v) is 6.67. The van der Waals surface area contributed by atoms with Crippen LogP contribution >= 0.6 is 15.9 Å². The number of benzene rings is 1. The molecule has 19 heavy (non-hydrogen) atoms. The van der Waals surface area contributed by atoms with Crippen molar-refractivity contribution < 1.29 is 16.8 Å². The normalized spacial score (nSPS) is 12.6. The average Bonchev–Trinajstić information content (AvgIpc) is 2.27. The van der Waals surface area contributed by atoms with Gasteiger partial charge in [0, 0.05) is 16.8 Å². The summed E-state index contributed by atoms with van der Waals surface area (Å²) in [5.74, 6) is -0.199. The minimum absolute atomic E-state index is 0.00293. The van der Waals surface area contributed by atoms with Crippen molar-refractivity contribution in [2.75, 3.05) is 18.1 Å². The summed E-state index contributed by atoms with van der Waals surface area (Å²) >= 11 is 3.19. The summed E-state index contributed by atoms with van der Waals surface area (Å²) in [6, 6.07) is 4.86. The minimum Gasteiger partial charge on any atom is -0.229 e. The molecule has 1 N–H and O–H groups in total. The molecule has 0 aliphatic rings. The van der Waals surface area contributed by atoms with E-state index >= 15 is 0 Å². The number of hydrogen-bond donors (Lipinski definition) is 1. The molecule has 1 aromatic carbocycles. The summed E-state index contributed by atoms with van der Waals surface area (Å²) in [6.07, 6.45) is 0. The summed E-state index contributed by atoms with van der Waals surface area (Å²) < 4.78 is 49.3. The van der Waals surface area contributed by atoms with Crippen LogP contribution in [0.15, 0.2) is 27.6 Å². The zero-order chi connectivity index (χ0) is 14.7. The highest BCUT2D eigenvalue weighted by molar-refractivity contribution is 9.10. The number of nitrogens with one attached hydrogen (secondary N) is 1. The molecule has 0 bridgehead atoms. The van der Waals surface area contributed by atoms with Gasteiger partial charge in [-0.1, -0.05) is 13.0 Å². The van der Waals surface area contributed by atoms with Gasteiger partial charge >= 0.3 is 0 Å². The maximum Gasteiger partial charge on any atom is 0.241 e. The lowest BCUT2D eigenvalue weighted by molar-refractivity contribution is 0.581. The van der Waals surface area contributed by atoms with Crippen molar-refractivity contribution in [3.8, 4) is 0 Å². The Morgan fingerprint density at radius 3 is 2.37 bits per heavy atom. The van der Waals surface area contributed by atoms with E-state index in [4.69, 9.17) is 0 Å². The summed E-state index contributed by atoms with van der Waals surface area (Å²) in [7, 11) is -6.88. The molecule has 0 aliphatic carbocycles. The SMILES string of the molecule is CCS(=O)(=O)CCNS(=O)(=O)c1ccc(C)cc1Br. The van der Waals surface area contributed by atoms with Gasteiger partial charge in [0.1, 0.15) is 0 Å². The molecule has 0 radical (unpaired) electrons. The largest absolute Gasteiger partial charge is 0.241 e. The van der Waals surface area contributed by atoms with Gasteiger partial charge in [-0.25, -0.2) is 21.6 Å². The lowest BCUT2D eigenvalue weighted by Crippen LogP contribution is -2.30. The lowest BCUT2D eigenvalue weighted by Gasteiger charge is -2.09. The number of rotatable bonds is 6. The highest BCUT2D eigenvalue weighted by Gasteiger charge is 2.18.